The topological polar surface area (TPSA) is 102 Å². The molecule has 3 aromatic carbocycles. The highest BCUT2D eigenvalue weighted by Gasteiger charge is 2.14. The maximum Gasteiger partial charge on any atom is 0.262 e. The van der Waals surface area contributed by atoms with Crippen LogP contribution in [-0.4, -0.2) is 33.7 Å². The monoisotopic (exact) mass is 564 g/mol. The van der Waals surface area contributed by atoms with Gasteiger partial charge in [-0.2, -0.15) is 0 Å². The van der Waals surface area contributed by atoms with E-state index in [0.717, 1.165) is 11.3 Å². The minimum atomic E-state index is -0.225. The number of nitrogens with zero attached hydrogens (tertiary/aromatic N) is 2. The number of carbonyl (C=O) groups excluding carboxylic acids is 2. The van der Waals surface area contributed by atoms with Crippen LogP contribution in [0.3, 0.4) is 0 Å². The summed E-state index contributed by atoms with van der Waals surface area (Å²) in [6.07, 6.45) is 0.659. The predicted octanol–water partition coefficient (Wildman–Crippen LogP) is 5.28. The number of halogens is 1. The standard InChI is InChI=1S/C29H29ClN4O4S/c1-2-38-22-15-13-21(14-16-22)32-27(36)19-39-29-33-25-11-6-4-9-23(25)28(37)34(29)17-7-12-26(35)31-18-20-8-3-5-10-24(20)30/h3-6,8-11,13-16H,2,7,12,17-19H2,1H3,(H,31,35)(H,32,36). The van der Waals surface area contributed by atoms with Crippen LogP contribution < -0.4 is 20.9 Å². The lowest BCUT2D eigenvalue weighted by Crippen LogP contribution is -2.26. The Morgan fingerprint density at radius 3 is 2.51 bits per heavy atom. The Morgan fingerprint density at radius 2 is 1.74 bits per heavy atom. The zero-order valence-corrected chi connectivity index (χ0v) is 23.1. The number of thioether (sulfide) groups is 1. The minimum Gasteiger partial charge on any atom is -0.494 e. The van der Waals surface area contributed by atoms with Gasteiger partial charge in [-0.25, -0.2) is 4.98 Å². The van der Waals surface area contributed by atoms with Gasteiger partial charge in [-0.3, -0.25) is 19.0 Å². The average Bonchev–Trinajstić information content (AvgIpc) is 2.94. The van der Waals surface area contributed by atoms with E-state index in [1.807, 2.05) is 31.2 Å². The van der Waals surface area contributed by atoms with Crippen LogP contribution in [0, 0.1) is 0 Å². The fourth-order valence-electron chi connectivity index (χ4n) is 3.91. The molecule has 0 aliphatic rings. The highest BCUT2D eigenvalue weighted by atomic mass is 35.5. The van der Waals surface area contributed by atoms with E-state index in [9.17, 15) is 14.4 Å². The molecule has 2 N–H and O–H groups in total. The third-order valence-corrected chi connectivity index (χ3v) is 7.17. The number of rotatable bonds is 12. The van der Waals surface area contributed by atoms with Gasteiger partial charge in [-0.05, 0) is 61.4 Å². The zero-order valence-electron chi connectivity index (χ0n) is 21.5. The molecule has 0 aliphatic carbocycles. The number of ether oxygens (including phenoxy) is 1. The zero-order chi connectivity index (χ0) is 27.6. The molecule has 4 aromatic rings. The number of benzene rings is 3. The summed E-state index contributed by atoms with van der Waals surface area (Å²) in [6.45, 7) is 3.10. The van der Waals surface area contributed by atoms with Crippen LogP contribution in [0.5, 0.6) is 5.75 Å². The summed E-state index contributed by atoms with van der Waals surface area (Å²) in [5, 5.41) is 7.23. The number of hydrogen-bond acceptors (Lipinski definition) is 6. The summed E-state index contributed by atoms with van der Waals surface area (Å²) in [7, 11) is 0. The van der Waals surface area contributed by atoms with Crippen molar-refractivity contribution in [3.05, 3.63) is 93.7 Å². The largest absolute Gasteiger partial charge is 0.494 e. The minimum absolute atomic E-state index is 0.0658. The maximum atomic E-state index is 13.3. The first-order valence-corrected chi connectivity index (χ1v) is 14.0. The van der Waals surface area contributed by atoms with Gasteiger partial charge in [-0.15, -0.1) is 0 Å². The molecule has 0 atom stereocenters. The van der Waals surface area contributed by atoms with Crippen LogP contribution in [0.15, 0.2) is 82.7 Å². The molecule has 202 valence electrons. The van der Waals surface area contributed by atoms with E-state index in [1.165, 1.54) is 11.8 Å². The normalized spacial score (nSPS) is 10.8. The number of nitrogens with one attached hydrogen (secondary N) is 2. The van der Waals surface area contributed by atoms with Gasteiger partial charge < -0.3 is 15.4 Å². The van der Waals surface area contributed by atoms with Crippen LogP contribution in [0.4, 0.5) is 5.69 Å². The van der Waals surface area contributed by atoms with E-state index in [0.29, 0.717) is 52.9 Å². The molecule has 10 heteroatoms. The van der Waals surface area contributed by atoms with Crippen molar-refractivity contribution in [3.63, 3.8) is 0 Å². The van der Waals surface area contributed by atoms with Crippen LogP contribution in [0.1, 0.15) is 25.3 Å². The van der Waals surface area contributed by atoms with Gasteiger partial charge in [0.1, 0.15) is 5.75 Å². The quantitative estimate of drug-likeness (QED) is 0.179. The van der Waals surface area contributed by atoms with Gasteiger partial charge in [0.2, 0.25) is 11.8 Å². The maximum absolute atomic E-state index is 13.3. The van der Waals surface area contributed by atoms with Crippen LogP contribution in [0.25, 0.3) is 10.9 Å². The highest BCUT2D eigenvalue weighted by molar-refractivity contribution is 7.99. The van der Waals surface area contributed by atoms with Crippen molar-refractivity contribution in [1.82, 2.24) is 14.9 Å². The van der Waals surface area contributed by atoms with Crippen molar-refractivity contribution in [3.8, 4) is 5.75 Å². The SMILES string of the molecule is CCOc1ccc(NC(=O)CSc2nc3ccccc3c(=O)n2CCCC(=O)NCc2ccccc2Cl)cc1. The number of amides is 2. The smallest absolute Gasteiger partial charge is 0.262 e. The summed E-state index contributed by atoms with van der Waals surface area (Å²) in [5.74, 6) is 0.431. The van der Waals surface area contributed by atoms with Crippen molar-refractivity contribution >= 4 is 51.8 Å². The summed E-state index contributed by atoms with van der Waals surface area (Å²) in [6, 6.07) is 21.6. The summed E-state index contributed by atoms with van der Waals surface area (Å²) in [5.41, 5.74) is 1.84. The van der Waals surface area contributed by atoms with Gasteiger partial charge >= 0.3 is 0 Å². The molecular formula is C29H29ClN4O4S. The van der Waals surface area contributed by atoms with Gasteiger partial charge in [0.15, 0.2) is 5.16 Å². The van der Waals surface area contributed by atoms with Gasteiger partial charge in [0.05, 0.1) is 23.3 Å². The lowest BCUT2D eigenvalue weighted by molar-refractivity contribution is -0.121. The van der Waals surface area contributed by atoms with Gasteiger partial charge in [0.25, 0.3) is 5.56 Å². The van der Waals surface area contributed by atoms with Crippen LogP contribution >= 0.6 is 23.4 Å². The number of fused-ring (bicyclic) bond motifs is 1. The third-order valence-electron chi connectivity index (χ3n) is 5.83. The van der Waals surface area contributed by atoms with E-state index < -0.39 is 0 Å². The second-order valence-corrected chi connectivity index (χ2v) is 9.98. The molecule has 8 nitrogen and oxygen atoms in total. The number of hydrogen-bond donors (Lipinski definition) is 2. The Balaban J connectivity index is 1.39. The van der Waals surface area contributed by atoms with E-state index in [-0.39, 0.29) is 29.5 Å². The van der Waals surface area contributed by atoms with Crippen molar-refractivity contribution in [2.45, 2.75) is 38.0 Å². The Hall–Kier alpha value is -3.82. The fraction of sp³-hybridized carbons (Fsp3) is 0.241. The van der Waals surface area contributed by atoms with Crippen LogP contribution in [-0.2, 0) is 22.7 Å². The van der Waals surface area contributed by atoms with Crippen molar-refractivity contribution < 1.29 is 14.3 Å². The molecule has 0 aliphatic heterocycles. The molecule has 4 rings (SSSR count). The number of anilines is 1. The molecule has 0 bridgehead atoms. The first kappa shape index (κ1) is 28.2. The van der Waals surface area contributed by atoms with Crippen molar-refractivity contribution in [2.75, 3.05) is 17.7 Å². The number of aromatic nitrogens is 2. The fourth-order valence-corrected chi connectivity index (χ4v) is 4.93. The van der Waals surface area contributed by atoms with Crippen LogP contribution in [0.2, 0.25) is 5.02 Å². The molecule has 1 aromatic heterocycles. The molecule has 0 saturated heterocycles. The Morgan fingerprint density at radius 1 is 1.00 bits per heavy atom. The molecule has 2 amide bonds. The van der Waals surface area contributed by atoms with Crippen molar-refractivity contribution in [1.29, 1.82) is 0 Å². The molecule has 1 heterocycles. The Kier molecular flexibility index (Phi) is 9.99. The van der Waals surface area contributed by atoms with Crippen molar-refractivity contribution in [2.24, 2.45) is 0 Å². The first-order chi connectivity index (χ1) is 18.9. The van der Waals surface area contributed by atoms with E-state index in [4.69, 9.17) is 16.3 Å². The second kappa shape index (κ2) is 13.8. The predicted molar refractivity (Wildman–Crippen MR) is 156 cm³/mol. The third kappa shape index (κ3) is 7.84. The summed E-state index contributed by atoms with van der Waals surface area (Å²) in [4.78, 5) is 43.0. The highest BCUT2D eigenvalue weighted by Crippen LogP contribution is 2.20. The van der Waals surface area contributed by atoms with E-state index in [1.54, 1.807) is 53.1 Å². The molecular weight excluding hydrogens is 536 g/mol. The molecule has 39 heavy (non-hydrogen) atoms. The second-order valence-electron chi connectivity index (χ2n) is 8.63. The lowest BCUT2D eigenvalue weighted by atomic mass is 10.2. The number of carbonyl (C=O) groups is 2. The molecule has 0 saturated carbocycles. The summed E-state index contributed by atoms with van der Waals surface area (Å²) < 4.78 is 6.97. The van der Waals surface area contributed by atoms with E-state index in [2.05, 4.69) is 15.6 Å². The molecule has 0 radical (unpaired) electrons. The number of para-hydroxylation sites is 1. The average molecular weight is 565 g/mol. The Bertz CT molecular complexity index is 1510. The lowest BCUT2D eigenvalue weighted by Gasteiger charge is -2.13. The molecule has 0 fully saturated rings. The Labute approximate surface area is 235 Å². The first-order valence-electron chi connectivity index (χ1n) is 12.6. The molecule has 0 spiro atoms. The molecule has 0 unspecified atom stereocenters. The van der Waals surface area contributed by atoms with Gasteiger partial charge in [0, 0.05) is 30.2 Å². The summed E-state index contributed by atoms with van der Waals surface area (Å²) >= 11 is 7.34. The van der Waals surface area contributed by atoms with E-state index >= 15 is 0 Å². The van der Waals surface area contributed by atoms with Gasteiger partial charge in [-0.1, -0.05) is 53.7 Å².